The van der Waals surface area contributed by atoms with Gasteiger partial charge in [-0.15, -0.1) is 0 Å². The van der Waals surface area contributed by atoms with Gasteiger partial charge in [0.15, 0.2) is 0 Å². The molecule has 1 aliphatic carbocycles. The van der Waals surface area contributed by atoms with Crippen molar-refractivity contribution in [2.75, 3.05) is 5.32 Å². The zero-order valence-corrected chi connectivity index (χ0v) is 12.7. The minimum Gasteiger partial charge on any atom is -0.480 e. The highest BCUT2D eigenvalue weighted by molar-refractivity contribution is 9.10. The van der Waals surface area contributed by atoms with Crippen LogP contribution in [0, 0.1) is 5.92 Å². The van der Waals surface area contributed by atoms with Crippen LogP contribution in [0.1, 0.15) is 39.0 Å². The Morgan fingerprint density at radius 2 is 1.95 bits per heavy atom. The third-order valence-corrected chi connectivity index (χ3v) is 4.83. The molecular formula is C15H20BrNO2. The predicted molar refractivity (Wildman–Crippen MR) is 80.4 cm³/mol. The number of para-hydroxylation sites is 1. The summed E-state index contributed by atoms with van der Waals surface area (Å²) in [5.41, 5.74) is -0.0532. The lowest BCUT2D eigenvalue weighted by molar-refractivity contribution is -0.144. The van der Waals surface area contributed by atoms with Gasteiger partial charge in [-0.3, -0.25) is 0 Å². The summed E-state index contributed by atoms with van der Waals surface area (Å²) in [6, 6.07) is 7.67. The van der Waals surface area contributed by atoms with Gasteiger partial charge in [0.25, 0.3) is 0 Å². The fraction of sp³-hybridized carbons (Fsp3) is 0.533. The van der Waals surface area contributed by atoms with E-state index >= 15 is 0 Å². The van der Waals surface area contributed by atoms with E-state index in [0.29, 0.717) is 0 Å². The molecule has 1 aromatic carbocycles. The Morgan fingerprint density at radius 1 is 1.32 bits per heavy atom. The molecule has 0 spiro atoms. The van der Waals surface area contributed by atoms with Crippen molar-refractivity contribution < 1.29 is 9.90 Å². The van der Waals surface area contributed by atoms with Gasteiger partial charge < -0.3 is 10.4 Å². The molecule has 0 aromatic heterocycles. The summed E-state index contributed by atoms with van der Waals surface area (Å²) in [4.78, 5) is 11.8. The average molecular weight is 326 g/mol. The number of carbonyl (C=O) groups is 1. The first-order valence-corrected chi connectivity index (χ1v) is 7.59. The molecular weight excluding hydrogens is 306 g/mol. The van der Waals surface area contributed by atoms with E-state index in [1.54, 1.807) is 0 Å². The molecule has 0 amide bonds. The lowest BCUT2D eigenvalue weighted by Gasteiger charge is -2.38. The van der Waals surface area contributed by atoms with Crippen LogP contribution in [-0.2, 0) is 4.79 Å². The summed E-state index contributed by atoms with van der Waals surface area (Å²) in [5, 5.41) is 12.9. The molecule has 4 heteroatoms. The van der Waals surface area contributed by atoms with Gasteiger partial charge in [-0.25, -0.2) is 4.79 Å². The molecule has 3 nitrogen and oxygen atoms in total. The highest BCUT2D eigenvalue weighted by atomic mass is 79.9. The number of nitrogens with one attached hydrogen (secondary N) is 1. The second-order valence-electron chi connectivity index (χ2n) is 5.45. The Hall–Kier alpha value is -1.03. The first kappa shape index (κ1) is 14.4. The maximum Gasteiger partial charge on any atom is 0.329 e. The van der Waals surface area contributed by atoms with Crippen molar-refractivity contribution in [3.63, 3.8) is 0 Å². The van der Waals surface area contributed by atoms with Crippen LogP contribution in [-0.4, -0.2) is 16.6 Å². The van der Waals surface area contributed by atoms with Crippen LogP contribution >= 0.6 is 15.9 Å². The van der Waals surface area contributed by atoms with Crippen LogP contribution in [0.15, 0.2) is 28.7 Å². The van der Waals surface area contributed by atoms with Crippen LogP contribution in [0.25, 0.3) is 0 Å². The topological polar surface area (TPSA) is 49.3 Å². The number of halogens is 1. The Balaban J connectivity index is 2.24. The number of anilines is 1. The second-order valence-corrected chi connectivity index (χ2v) is 6.30. The molecule has 2 N–H and O–H groups in total. The van der Waals surface area contributed by atoms with Crippen molar-refractivity contribution in [3.8, 4) is 0 Å². The third-order valence-electron chi connectivity index (χ3n) is 4.13. The molecule has 0 saturated heterocycles. The Bertz CT molecular complexity index is 457. The van der Waals surface area contributed by atoms with Crippen LogP contribution in [0.4, 0.5) is 5.69 Å². The summed E-state index contributed by atoms with van der Waals surface area (Å²) in [5.74, 6) is -0.582. The van der Waals surface area contributed by atoms with Gasteiger partial charge in [0, 0.05) is 10.2 Å². The van der Waals surface area contributed by atoms with Gasteiger partial charge in [-0.2, -0.15) is 0 Å². The number of benzene rings is 1. The quantitative estimate of drug-likeness (QED) is 0.868. The van der Waals surface area contributed by atoms with Crippen molar-refractivity contribution in [3.05, 3.63) is 28.7 Å². The van der Waals surface area contributed by atoms with E-state index in [2.05, 4.69) is 21.2 Å². The van der Waals surface area contributed by atoms with Crippen LogP contribution in [0.3, 0.4) is 0 Å². The highest BCUT2D eigenvalue weighted by Gasteiger charge is 2.42. The molecule has 0 radical (unpaired) electrons. The lowest BCUT2D eigenvalue weighted by Crippen LogP contribution is -2.50. The smallest absolute Gasteiger partial charge is 0.329 e. The largest absolute Gasteiger partial charge is 0.480 e. The summed E-state index contributed by atoms with van der Waals surface area (Å²) in [7, 11) is 0. The zero-order valence-electron chi connectivity index (χ0n) is 11.2. The number of hydrogen-bond donors (Lipinski definition) is 2. The van der Waals surface area contributed by atoms with E-state index in [1.807, 2.05) is 31.2 Å². The lowest BCUT2D eigenvalue weighted by atomic mass is 9.75. The second kappa shape index (κ2) is 5.95. The standard InChI is InChI=1S/C15H20BrNO2/c1-15(14(18)19,11-7-3-2-4-8-11)17-13-10-6-5-9-12(13)16/h5-6,9-11,17H,2-4,7-8H2,1H3,(H,18,19). The van der Waals surface area contributed by atoms with Gasteiger partial charge in [-0.1, -0.05) is 31.4 Å². The first-order chi connectivity index (χ1) is 9.04. The molecule has 1 atom stereocenters. The van der Waals surface area contributed by atoms with Crippen molar-refractivity contribution in [1.82, 2.24) is 0 Å². The van der Waals surface area contributed by atoms with Gasteiger partial charge >= 0.3 is 5.97 Å². The maximum atomic E-state index is 11.8. The Kier molecular flexibility index (Phi) is 4.50. The molecule has 0 heterocycles. The van der Waals surface area contributed by atoms with Gasteiger partial charge in [-0.05, 0) is 53.7 Å². The number of rotatable bonds is 4. The summed E-state index contributed by atoms with van der Waals surface area (Å²) >= 11 is 3.47. The number of hydrogen-bond acceptors (Lipinski definition) is 2. The molecule has 0 aliphatic heterocycles. The van der Waals surface area contributed by atoms with Crippen LogP contribution in [0.2, 0.25) is 0 Å². The number of carboxylic acids is 1. The van der Waals surface area contributed by atoms with E-state index in [1.165, 1.54) is 6.42 Å². The van der Waals surface area contributed by atoms with Crippen LogP contribution < -0.4 is 5.32 Å². The monoisotopic (exact) mass is 325 g/mol. The first-order valence-electron chi connectivity index (χ1n) is 6.80. The fourth-order valence-corrected chi connectivity index (χ4v) is 3.24. The van der Waals surface area contributed by atoms with E-state index in [0.717, 1.165) is 35.8 Å². The van der Waals surface area contributed by atoms with Crippen molar-refractivity contribution >= 4 is 27.6 Å². The van der Waals surface area contributed by atoms with Crippen LogP contribution in [0.5, 0.6) is 0 Å². The molecule has 1 unspecified atom stereocenters. The summed E-state index contributed by atoms with van der Waals surface area (Å²) in [6.07, 6.45) is 5.46. The maximum absolute atomic E-state index is 11.8. The van der Waals surface area contributed by atoms with Gasteiger partial charge in [0.2, 0.25) is 0 Å². The molecule has 19 heavy (non-hydrogen) atoms. The molecule has 1 fully saturated rings. The molecule has 1 aromatic rings. The third kappa shape index (κ3) is 3.11. The predicted octanol–water partition coefficient (Wildman–Crippen LogP) is 4.28. The minimum atomic E-state index is -0.899. The Labute approximate surface area is 122 Å². The summed E-state index contributed by atoms with van der Waals surface area (Å²) < 4.78 is 0.901. The molecule has 104 valence electrons. The van der Waals surface area contributed by atoms with E-state index in [9.17, 15) is 9.90 Å². The molecule has 0 bridgehead atoms. The van der Waals surface area contributed by atoms with E-state index in [-0.39, 0.29) is 5.92 Å². The molecule has 1 aliphatic rings. The Morgan fingerprint density at radius 3 is 2.53 bits per heavy atom. The van der Waals surface area contributed by atoms with Gasteiger partial charge in [0.1, 0.15) is 5.54 Å². The van der Waals surface area contributed by atoms with Crippen molar-refractivity contribution in [1.29, 1.82) is 0 Å². The van der Waals surface area contributed by atoms with Crippen molar-refractivity contribution in [2.24, 2.45) is 5.92 Å². The average Bonchev–Trinajstić information content (AvgIpc) is 2.42. The fourth-order valence-electron chi connectivity index (χ4n) is 2.85. The SMILES string of the molecule is CC(Nc1ccccc1Br)(C(=O)O)C1CCCCC1. The van der Waals surface area contributed by atoms with E-state index in [4.69, 9.17) is 0 Å². The van der Waals surface area contributed by atoms with E-state index < -0.39 is 11.5 Å². The molecule has 2 rings (SSSR count). The zero-order chi connectivity index (χ0) is 13.9. The summed E-state index contributed by atoms with van der Waals surface area (Å²) in [6.45, 7) is 1.81. The van der Waals surface area contributed by atoms with Crippen molar-refractivity contribution in [2.45, 2.75) is 44.6 Å². The molecule has 1 saturated carbocycles. The number of carboxylic acid groups (broad SMARTS) is 1. The normalized spacial score (nSPS) is 19.7. The van der Waals surface area contributed by atoms with Gasteiger partial charge in [0.05, 0.1) is 0 Å². The number of aliphatic carboxylic acids is 1. The minimum absolute atomic E-state index is 0.186. The highest BCUT2D eigenvalue weighted by Crippen LogP contribution is 2.36.